The number of likely N-dealkylation sites (tertiary alicyclic amines) is 1. The molecule has 33 heavy (non-hydrogen) atoms. The Morgan fingerprint density at radius 2 is 1.76 bits per heavy atom. The zero-order valence-corrected chi connectivity index (χ0v) is 18.7. The molecule has 0 spiro atoms. The van der Waals surface area contributed by atoms with E-state index in [4.69, 9.17) is 4.74 Å². The van der Waals surface area contributed by atoms with Crippen molar-refractivity contribution >= 4 is 23.7 Å². The van der Waals surface area contributed by atoms with Crippen molar-refractivity contribution in [2.24, 2.45) is 5.92 Å². The van der Waals surface area contributed by atoms with Crippen molar-refractivity contribution in [2.75, 3.05) is 20.2 Å². The normalized spacial score (nSPS) is 17.6. The smallest absolute Gasteiger partial charge is 0.417 e. The van der Waals surface area contributed by atoms with Crippen molar-refractivity contribution < 1.29 is 22.7 Å². The molecule has 2 aliphatic rings. The Bertz CT molecular complexity index is 1050. The van der Waals surface area contributed by atoms with Gasteiger partial charge in [0.15, 0.2) is 0 Å². The van der Waals surface area contributed by atoms with Crippen LogP contribution in [0.25, 0.3) is 17.7 Å². The highest BCUT2D eigenvalue weighted by atomic mass is 19.4. The second-order valence-electron chi connectivity index (χ2n) is 8.77. The summed E-state index contributed by atoms with van der Waals surface area (Å²) >= 11 is 0. The highest BCUT2D eigenvalue weighted by Gasteiger charge is 2.34. The minimum absolute atomic E-state index is 0.0420. The second kappa shape index (κ2) is 9.96. The molecule has 1 fully saturated rings. The second-order valence-corrected chi connectivity index (χ2v) is 8.77. The Kier molecular flexibility index (Phi) is 7.03. The number of carbonyl (C=O) groups is 1. The molecule has 2 aromatic carbocycles. The van der Waals surface area contributed by atoms with Gasteiger partial charge in [-0.25, -0.2) is 0 Å². The van der Waals surface area contributed by atoms with Crippen LogP contribution in [0.2, 0.25) is 0 Å². The third kappa shape index (κ3) is 5.74. The van der Waals surface area contributed by atoms with Crippen LogP contribution in [0.4, 0.5) is 13.2 Å². The van der Waals surface area contributed by atoms with E-state index in [-0.39, 0.29) is 11.9 Å². The first-order valence-electron chi connectivity index (χ1n) is 11.3. The third-order valence-corrected chi connectivity index (χ3v) is 6.33. The number of halogens is 3. The van der Waals surface area contributed by atoms with Gasteiger partial charge < -0.3 is 4.74 Å². The molecule has 0 bridgehead atoms. The molecule has 174 valence electrons. The number of benzene rings is 2. The van der Waals surface area contributed by atoms with Gasteiger partial charge in [-0.05, 0) is 59.6 Å². The maximum atomic E-state index is 13.7. The van der Waals surface area contributed by atoms with Crippen molar-refractivity contribution in [1.29, 1.82) is 0 Å². The predicted octanol–water partition coefficient (Wildman–Crippen LogP) is 6.44. The molecule has 1 heterocycles. The number of alkyl halides is 3. The number of carbonyl (C=O) groups excluding carboxylic acids is 1. The van der Waals surface area contributed by atoms with Crippen molar-refractivity contribution in [2.45, 2.75) is 38.4 Å². The van der Waals surface area contributed by atoms with E-state index in [0.29, 0.717) is 30.6 Å². The molecule has 0 aromatic heterocycles. The van der Waals surface area contributed by atoms with Crippen LogP contribution >= 0.6 is 0 Å². The first kappa shape index (κ1) is 23.3. The van der Waals surface area contributed by atoms with Crippen molar-refractivity contribution in [3.05, 3.63) is 76.4 Å². The van der Waals surface area contributed by atoms with Gasteiger partial charge in [-0.3, -0.25) is 9.69 Å². The summed E-state index contributed by atoms with van der Waals surface area (Å²) in [6, 6.07) is 12.5. The van der Waals surface area contributed by atoms with Gasteiger partial charge in [0.1, 0.15) is 0 Å². The number of esters is 1. The summed E-state index contributed by atoms with van der Waals surface area (Å²) in [5.74, 6) is -0.205. The SMILES string of the molecule is COC(=O)C1CN(Cc2ccc(/C=C/c3ccc(C4=CCCCC4)c(C(F)(F)F)c3)cc2)C1. The average molecular weight is 456 g/mol. The van der Waals surface area contributed by atoms with Gasteiger partial charge in [-0.2, -0.15) is 13.2 Å². The molecule has 6 heteroatoms. The summed E-state index contributed by atoms with van der Waals surface area (Å²) in [4.78, 5) is 13.7. The number of allylic oxidation sites excluding steroid dienone is 2. The first-order valence-corrected chi connectivity index (χ1v) is 11.3. The quantitative estimate of drug-likeness (QED) is 0.371. The minimum atomic E-state index is -4.39. The molecule has 4 rings (SSSR count). The number of methoxy groups -OCH3 is 1. The molecule has 0 atom stereocenters. The number of hydrogen-bond donors (Lipinski definition) is 0. The maximum absolute atomic E-state index is 13.7. The fourth-order valence-electron chi connectivity index (χ4n) is 4.46. The van der Waals surface area contributed by atoms with Crippen molar-refractivity contribution in [3.8, 4) is 0 Å². The summed E-state index contributed by atoms with van der Waals surface area (Å²) in [7, 11) is 1.41. The molecule has 1 aliphatic carbocycles. The molecule has 3 nitrogen and oxygen atoms in total. The predicted molar refractivity (Wildman–Crippen MR) is 124 cm³/mol. The standard InChI is InChI=1S/C27H28F3NO2/c1-33-26(32)23-17-31(18-23)16-21-11-8-19(9-12-21)7-10-20-13-14-24(22-5-3-2-4-6-22)25(15-20)27(28,29)30/h5,7-15,23H,2-4,6,16-18H2,1H3/b10-7+. The summed E-state index contributed by atoms with van der Waals surface area (Å²) in [5.41, 5.74) is 3.13. The van der Waals surface area contributed by atoms with Gasteiger partial charge in [0.25, 0.3) is 0 Å². The Labute approximate surface area is 192 Å². The van der Waals surface area contributed by atoms with Crippen LogP contribution in [0.1, 0.15) is 53.5 Å². The van der Waals surface area contributed by atoms with Gasteiger partial charge in [0.05, 0.1) is 18.6 Å². The lowest BCUT2D eigenvalue weighted by atomic mass is 9.89. The lowest BCUT2D eigenvalue weighted by Crippen LogP contribution is -2.49. The topological polar surface area (TPSA) is 29.5 Å². The number of nitrogens with zero attached hydrogens (tertiary/aromatic N) is 1. The molecule has 0 unspecified atom stereocenters. The van der Waals surface area contributed by atoms with Crippen LogP contribution in [-0.2, 0) is 22.3 Å². The Morgan fingerprint density at radius 1 is 1.06 bits per heavy atom. The van der Waals surface area contributed by atoms with Crippen LogP contribution in [0.15, 0.2) is 48.5 Å². The van der Waals surface area contributed by atoms with Crippen LogP contribution in [0.5, 0.6) is 0 Å². The van der Waals surface area contributed by atoms with Gasteiger partial charge in [-0.1, -0.05) is 54.6 Å². The van der Waals surface area contributed by atoms with Gasteiger partial charge >= 0.3 is 12.1 Å². The Hall–Kier alpha value is -2.86. The highest BCUT2D eigenvalue weighted by Crippen LogP contribution is 2.38. The summed E-state index contributed by atoms with van der Waals surface area (Å²) in [5, 5.41) is 0. The van der Waals surface area contributed by atoms with Crippen molar-refractivity contribution in [1.82, 2.24) is 4.90 Å². The van der Waals surface area contributed by atoms with Crippen LogP contribution in [0, 0.1) is 5.92 Å². The zero-order valence-electron chi connectivity index (χ0n) is 18.7. The largest absolute Gasteiger partial charge is 0.469 e. The molecule has 0 radical (unpaired) electrons. The lowest BCUT2D eigenvalue weighted by Gasteiger charge is -2.37. The van der Waals surface area contributed by atoms with Crippen molar-refractivity contribution in [3.63, 3.8) is 0 Å². The molecule has 0 N–H and O–H groups in total. The minimum Gasteiger partial charge on any atom is -0.469 e. The van der Waals surface area contributed by atoms with E-state index in [9.17, 15) is 18.0 Å². The van der Waals surface area contributed by atoms with E-state index in [1.54, 1.807) is 18.2 Å². The lowest BCUT2D eigenvalue weighted by molar-refractivity contribution is -0.151. The number of ether oxygens (including phenoxy) is 1. The summed E-state index contributed by atoms with van der Waals surface area (Å²) < 4.78 is 46.0. The van der Waals surface area contributed by atoms with E-state index in [0.717, 1.165) is 42.5 Å². The Balaban J connectivity index is 1.42. The van der Waals surface area contributed by atoms with Gasteiger partial charge in [0.2, 0.25) is 0 Å². The fraction of sp³-hybridized carbons (Fsp3) is 0.370. The van der Waals surface area contributed by atoms with Crippen LogP contribution < -0.4 is 0 Å². The summed E-state index contributed by atoms with van der Waals surface area (Å²) in [6.07, 6.45) is 4.62. The molecular weight excluding hydrogens is 427 g/mol. The van der Waals surface area contributed by atoms with E-state index >= 15 is 0 Å². The number of rotatable bonds is 6. The van der Waals surface area contributed by atoms with E-state index in [1.165, 1.54) is 13.2 Å². The van der Waals surface area contributed by atoms with Crippen LogP contribution in [-0.4, -0.2) is 31.1 Å². The van der Waals surface area contributed by atoms with E-state index in [2.05, 4.69) is 4.90 Å². The summed E-state index contributed by atoms with van der Waals surface area (Å²) in [6.45, 7) is 2.15. The molecule has 2 aromatic rings. The Morgan fingerprint density at radius 3 is 2.39 bits per heavy atom. The highest BCUT2D eigenvalue weighted by molar-refractivity contribution is 5.75. The van der Waals surface area contributed by atoms with Crippen LogP contribution in [0.3, 0.4) is 0 Å². The molecular formula is C27H28F3NO2. The van der Waals surface area contributed by atoms with Gasteiger partial charge in [-0.15, -0.1) is 0 Å². The monoisotopic (exact) mass is 455 g/mol. The maximum Gasteiger partial charge on any atom is 0.417 e. The first-order chi connectivity index (χ1) is 15.8. The van der Waals surface area contributed by atoms with E-state index < -0.39 is 11.7 Å². The molecule has 0 saturated carbocycles. The molecule has 1 aliphatic heterocycles. The molecule has 0 amide bonds. The number of hydrogen-bond acceptors (Lipinski definition) is 3. The van der Waals surface area contributed by atoms with Gasteiger partial charge in [0, 0.05) is 19.6 Å². The molecule has 1 saturated heterocycles. The third-order valence-electron chi connectivity index (χ3n) is 6.33. The average Bonchev–Trinajstić information content (AvgIpc) is 2.80. The van der Waals surface area contributed by atoms with E-state index in [1.807, 2.05) is 36.4 Å². The zero-order chi connectivity index (χ0) is 23.4. The fourth-order valence-corrected chi connectivity index (χ4v) is 4.46.